The summed E-state index contributed by atoms with van der Waals surface area (Å²) in [6, 6.07) is 3.83. The molecule has 0 aliphatic rings. The van der Waals surface area contributed by atoms with E-state index in [1.54, 1.807) is 4.90 Å². The molecule has 1 amide bonds. The Balaban J connectivity index is 2.66. The molecule has 5 heteroatoms. The van der Waals surface area contributed by atoms with Crippen LogP contribution in [0.5, 0.6) is 0 Å². The van der Waals surface area contributed by atoms with Crippen molar-refractivity contribution in [1.82, 2.24) is 10.2 Å². The first kappa shape index (κ1) is 16.6. The fourth-order valence-corrected chi connectivity index (χ4v) is 2.05. The summed E-state index contributed by atoms with van der Waals surface area (Å²) < 4.78 is 26.0. The van der Waals surface area contributed by atoms with E-state index in [2.05, 4.69) is 5.32 Å². The van der Waals surface area contributed by atoms with Gasteiger partial charge in [-0.3, -0.25) is 4.79 Å². The number of hydrogen-bond acceptors (Lipinski definition) is 2. The fourth-order valence-electron chi connectivity index (χ4n) is 2.05. The van der Waals surface area contributed by atoms with Crippen LogP contribution >= 0.6 is 0 Å². The van der Waals surface area contributed by atoms with E-state index in [9.17, 15) is 13.6 Å². The minimum atomic E-state index is -0.882. The van der Waals surface area contributed by atoms with Gasteiger partial charge in [0.15, 0.2) is 11.6 Å². The minimum Gasteiger partial charge on any atom is -0.339 e. The number of carbonyl (C=O) groups excluding carboxylic acids is 1. The van der Waals surface area contributed by atoms with Crippen molar-refractivity contribution in [2.45, 2.75) is 39.8 Å². The highest BCUT2D eigenvalue weighted by Gasteiger charge is 2.15. The van der Waals surface area contributed by atoms with Crippen LogP contribution in [0, 0.1) is 11.6 Å². The topological polar surface area (TPSA) is 32.3 Å². The molecule has 112 valence electrons. The van der Waals surface area contributed by atoms with E-state index in [-0.39, 0.29) is 11.9 Å². The van der Waals surface area contributed by atoms with E-state index < -0.39 is 11.6 Å². The van der Waals surface area contributed by atoms with Crippen molar-refractivity contribution >= 4 is 5.91 Å². The van der Waals surface area contributed by atoms with Crippen molar-refractivity contribution < 1.29 is 13.6 Å². The molecule has 1 N–H and O–H groups in total. The normalized spacial score (nSPS) is 12.2. The average Bonchev–Trinajstić information content (AvgIpc) is 2.40. The third kappa shape index (κ3) is 4.89. The molecule has 0 saturated carbocycles. The van der Waals surface area contributed by atoms with Gasteiger partial charge in [-0.1, -0.05) is 13.0 Å². The third-order valence-electron chi connectivity index (χ3n) is 3.13. The van der Waals surface area contributed by atoms with E-state index >= 15 is 0 Å². The van der Waals surface area contributed by atoms with E-state index in [4.69, 9.17) is 0 Å². The number of amides is 1. The zero-order valence-corrected chi connectivity index (χ0v) is 12.2. The molecule has 1 aromatic carbocycles. The van der Waals surface area contributed by atoms with E-state index in [1.807, 2.05) is 20.8 Å². The quantitative estimate of drug-likeness (QED) is 0.835. The molecule has 0 saturated heterocycles. The summed E-state index contributed by atoms with van der Waals surface area (Å²) >= 11 is 0. The maximum Gasteiger partial charge on any atom is 0.224 e. The molecule has 1 aromatic rings. The van der Waals surface area contributed by atoms with Gasteiger partial charge in [0.25, 0.3) is 0 Å². The van der Waals surface area contributed by atoms with Crippen LogP contribution in [0.15, 0.2) is 18.2 Å². The minimum absolute atomic E-state index is 0.00526. The van der Waals surface area contributed by atoms with Gasteiger partial charge in [0.2, 0.25) is 5.91 Å². The van der Waals surface area contributed by atoms with Crippen molar-refractivity contribution in [3.05, 3.63) is 35.4 Å². The number of nitrogens with one attached hydrogen (secondary N) is 1. The Kier molecular flexibility index (Phi) is 6.58. The molecule has 0 heterocycles. The maximum absolute atomic E-state index is 13.2. The second kappa shape index (κ2) is 7.94. The summed E-state index contributed by atoms with van der Waals surface area (Å²) in [6.45, 7) is 7.45. The van der Waals surface area contributed by atoms with Crippen molar-refractivity contribution in [3.8, 4) is 0 Å². The van der Waals surface area contributed by atoms with Gasteiger partial charge >= 0.3 is 0 Å². The van der Waals surface area contributed by atoms with Gasteiger partial charge in [-0.2, -0.15) is 0 Å². The Labute approximate surface area is 119 Å². The number of benzene rings is 1. The van der Waals surface area contributed by atoms with Crippen LogP contribution in [0.1, 0.15) is 32.8 Å². The lowest BCUT2D eigenvalue weighted by atomic mass is 10.1. The highest BCUT2D eigenvalue weighted by atomic mass is 19.2. The van der Waals surface area contributed by atoms with Crippen LogP contribution in [-0.4, -0.2) is 29.9 Å². The molecule has 1 rings (SSSR count). The molecule has 0 fully saturated rings. The largest absolute Gasteiger partial charge is 0.339 e. The molecule has 0 radical (unpaired) electrons. The Bertz CT molecular complexity index is 451. The van der Waals surface area contributed by atoms with Crippen LogP contribution in [-0.2, 0) is 11.3 Å². The number of carbonyl (C=O) groups is 1. The van der Waals surface area contributed by atoms with Crippen LogP contribution in [0.4, 0.5) is 8.78 Å². The fraction of sp³-hybridized carbons (Fsp3) is 0.533. The van der Waals surface area contributed by atoms with Crippen molar-refractivity contribution in [2.24, 2.45) is 0 Å². The number of nitrogens with zero attached hydrogens (tertiary/aromatic N) is 1. The molecule has 0 aliphatic heterocycles. The molecule has 0 aliphatic carbocycles. The summed E-state index contributed by atoms with van der Waals surface area (Å²) in [7, 11) is 0. The Hall–Kier alpha value is -1.49. The molecular weight excluding hydrogens is 262 g/mol. The molecular formula is C15H22F2N2O. The van der Waals surface area contributed by atoms with Crippen molar-refractivity contribution in [2.75, 3.05) is 13.1 Å². The molecule has 0 bridgehead atoms. The van der Waals surface area contributed by atoms with E-state index in [0.717, 1.165) is 18.7 Å². The summed E-state index contributed by atoms with van der Waals surface area (Å²) in [4.78, 5) is 13.8. The van der Waals surface area contributed by atoms with E-state index in [0.29, 0.717) is 25.1 Å². The van der Waals surface area contributed by atoms with Gasteiger partial charge in [-0.25, -0.2) is 8.78 Å². The van der Waals surface area contributed by atoms with Crippen LogP contribution in [0.2, 0.25) is 0 Å². The molecule has 0 aromatic heterocycles. The molecule has 1 unspecified atom stereocenters. The number of hydrogen-bond donors (Lipinski definition) is 1. The van der Waals surface area contributed by atoms with Crippen LogP contribution in [0.25, 0.3) is 0 Å². The van der Waals surface area contributed by atoms with Gasteiger partial charge in [0, 0.05) is 25.6 Å². The summed E-state index contributed by atoms with van der Waals surface area (Å²) in [5, 5.41) is 3.18. The van der Waals surface area contributed by atoms with Crippen molar-refractivity contribution in [1.29, 1.82) is 0 Å². The van der Waals surface area contributed by atoms with Gasteiger partial charge in [0.1, 0.15) is 0 Å². The Morgan fingerprint density at radius 2 is 2.00 bits per heavy atom. The Morgan fingerprint density at radius 1 is 1.30 bits per heavy atom. The van der Waals surface area contributed by atoms with Gasteiger partial charge in [0.05, 0.1) is 0 Å². The zero-order valence-electron chi connectivity index (χ0n) is 12.2. The maximum atomic E-state index is 13.2. The molecule has 20 heavy (non-hydrogen) atoms. The highest BCUT2D eigenvalue weighted by Crippen LogP contribution is 2.12. The lowest BCUT2D eigenvalue weighted by molar-refractivity contribution is -0.132. The van der Waals surface area contributed by atoms with Gasteiger partial charge in [-0.05, 0) is 38.1 Å². The predicted octanol–water partition coefficient (Wildman–Crippen LogP) is 2.70. The standard InChI is InChI=1S/C15H22F2N2O/c1-4-18-11(3)8-15(20)19(5-2)10-12-6-7-13(16)14(17)9-12/h6-7,9,11,18H,4-5,8,10H2,1-3H3. The first-order chi connectivity index (χ1) is 9.47. The summed E-state index contributed by atoms with van der Waals surface area (Å²) in [5.74, 6) is -1.75. The first-order valence-corrected chi connectivity index (χ1v) is 6.93. The van der Waals surface area contributed by atoms with Gasteiger partial charge in [-0.15, -0.1) is 0 Å². The summed E-state index contributed by atoms with van der Waals surface area (Å²) in [5.41, 5.74) is 0.593. The molecule has 0 spiro atoms. The van der Waals surface area contributed by atoms with Crippen LogP contribution < -0.4 is 5.32 Å². The van der Waals surface area contributed by atoms with Gasteiger partial charge < -0.3 is 10.2 Å². The first-order valence-electron chi connectivity index (χ1n) is 6.93. The second-order valence-corrected chi connectivity index (χ2v) is 4.82. The predicted molar refractivity (Wildman–Crippen MR) is 75.2 cm³/mol. The SMILES string of the molecule is CCNC(C)CC(=O)N(CC)Cc1ccc(F)c(F)c1. The highest BCUT2D eigenvalue weighted by molar-refractivity contribution is 5.76. The average molecular weight is 284 g/mol. The van der Waals surface area contributed by atoms with Crippen molar-refractivity contribution in [3.63, 3.8) is 0 Å². The lowest BCUT2D eigenvalue weighted by Gasteiger charge is -2.23. The molecule has 3 nitrogen and oxygen atoms in total. The monoisotopic (exact) mass is 284 g/mol. The van der Waals surface area contributed by atoms with Crippen LogP contribution in [0.3, 0.4) is 0 Å². The zero-order chi connectivity index (χ0) is 15.1. The summed E-state index contributed by atoms with van der Waals surface area (Å²) in [6.07, 6.45) is 0.394. The van der Waals surface area contributed by atoms with E-state index in [1.165, 1.54) is 6.07 Å². The third-order valence-corrected chi connectivity index (χ3v) is 3.13. The number of halogens is 2. The molecule has 1 atom stereocenters. The second-order valence-electron chi connectivity index (χ2n) is 4.82. The Morgan fingerprint density at radius 3 is 2.55 bits per heavy atom. The lowest BCUT2D eigenvalue weighted by Crippen LogP contribution is -2.36. The smallest absolute Gasteiger partial charge is 0.224 e. The number of rotatable bonds is 7.